The highest BCUT2D eigenvalue weighted by Crippen LogP contribution is 2.28. The Morgan fingerprint density at radius 3 is 2.72 bits per heavy atom. The lowest BCUT2D eigenvalue weighted by atomic mass is 10.1. The quantitative estimate of drug-likeness (QED) is 0.836. The van der Waals surface area contributed by atoms with Gasteiger partial charge in [-0.3, -0.25) is 0 Å². The topological polar surface area (TPSA) is 58.6 Å². The second kappa shape index (κ2) is 7.64. The molecule has 0 bridgehead atoms. The van der Waals surface area contributed by atoms with Crippen LogP contribution in [0, 0.1) is 5.92 Å². The van der Waals surface area contributed by atoms with Gasteiger partial charge >= 0.3 is 0 Å². The molecule has 0 aromatic heterocycles. The van der Waals surface area contributed by atoms with E-state index in [0.717, 1.165) is 19.5 Å². The first-order valence-corrected chi connectivity index (χ1v) is 9.99. The van der Waals surface area contributed by atoms with E-state index in [1.165, 1.54) is 18.9 Å². The van der Waals surface area contributed by atoms with E-state index in [9.17, 15) is 8.42 Å². The zero-order valence-electron chi connectivity index (χ0n) is 14.0. The van der Waals surface area contributed by atoms with Crippen molar-refractivity contribution in [3.63, 3.8) is 0 Å². The number of rotatable bonds is 6. The highest BCUT2D eigenvalue weighted by Gasteiger charge is 2.26. The van der Waals surface area contributed by atoms with Crippen LogP contribution in [0.1, 0.15) is 6.42 Å². The van der Waals surface area contributed by atoms with Gasteiger partial charge in [-0.25, -0.2) is 13.1 Å². The van der Waals surface area contributed by atoms with E-state index in [1.807, 2.05) is 18.2 Å². The summed E-state index contributed by atoms with van der Waals surface area (Å²) in [6.45, 7) is 2.15. The number of nitrogens with zero attached hydrogens (tertiary/aromatic N) is 1. The number of sulfonamides is 1. The highest BCUT2D eigenvalue weighted by atomic mass is 35.5. The molecule has 0 saturated carbocycles. The van der Waals surface area contributed by atoms with Crippen LogP contribution in [-0.2, 0) is 10.0 Å². The Morgan fingerprint density at radius 2 is 2.00 bits per heavy atom. The monoisotopic (exact) mass is 380 g/mol. The van der Waals surface area contributed by atoms with Crippen molar-refractivity contribution in [2.75, 3.05) is 31.6 Å². The molecule has 2 aromatic rings. The molecule has 25 heavy (non-hydrogen) atoms. The Balaban J connectivity index is 1.65. The van der Waals surface area contributed by atoms with Gasteiger partial charge in [-0.15, -0.1) is 0 Å². The van der Waals surface area contributed by atoms with Crippen LogP contribution in [0.2, 0.25) is 5.02 Å². The summed E-state index contributed by atoms with van der Waals surface area (Å²) in [7, 11) is -2.23. The number of para-hydroxylation sites is 1. The molecule has 1 unspecified atom stereocenters. The molecule has 134 valence electrons. The summed E-state index contributed by atoms with van der Waals surface area (Å²) >= 11 is 5.94. The fourth-order valence-corrected chi connectivity index (χ4v) is 4.58. The maximum atomic E-state index is 12.6. The molecule has 0 spiro atoms. The summed E-state index contributed by atoms with van der Waals surface area (Å²) < 4.78 is 33.1. The van der Waals surface area contributed by atoms with Crippen molar-refractivity contribution in [1.29, 1.82) is 0 Å². The van der Waals surface area contributed by atoms with Crippen LogP contribution >= 0.6 is 11.6 Å². The Kier molecular flexibility index (Phi) is 5.51. The van der Waals surface area contributed by atoms with Crippen LogP contribution in [-0.4, -0.2) is 35.2 Å². The average molecular weight is 381 g/mol. The van der Waals surface area contributed by atoms with Gasteiger partial charge in [0.05, 0.1) is 7.11 Å². The second-order valence-electron chi connectivity index (χ2n) is 6.08. The van der Waals surface area contributed by atoms with Crippen molar-refractivity contribution in [1.82, 2.24) is 4.72 Å². The number of anilines is 1. The molecule has 1 fully saturated rings. The minimum Gasteiger partial charge on any atom is -0.495 e. The van der Waals surface area contributed by atoms with E-state index in [2.05, 4.69) is 21.8 Å². The van der Waals surface area contributed by atoms with E-state index in [4.69, 9.17) is 16.3 Å². The minimum atomic E-state index is -3.67. The van der Waals surface area contributed by atoms with E-state index in [0.29, 0.717) is 11.6 Å². The normalized spacial score (nSPS) is 17.7. The number of hydrogen-bond acceptors (Lipinski definition) is 4. The standard InChI is InChI=1S/C18H21ClN2O3S/c1-24-17-8-7-15(19)11-18(17)25(22,23)20-12-14-9-10-21(13-14)16-5-3-2-4-6-16/h2-8,11,14,20H,9-10,12-13H2,1H3. The highest BCUT2D eigenvalue weighted by molar-refractivity contribution is 7.89. The molecule has 2 aromatic carbocycles. The van der Waals surface area contributed by atoms with Gasteiger partial charge in [0.15, 0.2) is 0 Å². The molecule has 0 amide bonds. The van der Waals surface area contributed by atoms with Gasteiger partial charge in [0, 0.05) is 30.3 Å². The molecular weight excluding hydrogens is 360 g/mol. The second-order valence-corrected chi connectivity index (χ2v) is 8.26. The van der Waals surface area contributed by atoms with Gasteiger partial charge in [0.1, 0.15) is 10.6 Å². The van der Waals surface area contributed by atoms with Gasteiger partial charge in [0.2, 0.25) is 10.0 Å². The third kappa shape index (κ3) is 4.26. The Morgan fingerprint density at radius 1 is 1.24 bits per heavy atom. The molecule has 1 N–H and O–H groups in total. The van der Waals surface area contributed by atoms with Gasteiger partial charge < -0.3 is 9.64 Å². The molecule has 1 heterocycles. The Bertz CT molecular complexity index is 827. The number of hydrogen-bond donors (Lipinski definition) is 1. The van der Waals surface area contributed by atoms with Crippen molar-refractivity contribution in [3.8, 4) is 5.75 Å². The van der Waals surface area contributed by atoms with Gasteiger partial charge in [0.25, 0.3) is 0 Å². The fraction of sp³-hybridized carbons (Fsp3) is 0.333. The maximum absolute atomic E-state index is 12.6. The summed E-state index contributed by atoms with van der Waals surface area (Å²) in [6.07, 6.45) is 0.949. The number of nitrogens with one attached hydrogen (secondary N) is 1. The smallest absolute Gasteiger partial charge is 0.244 e. The molecule has 1 saturated heterocycles. The summed E-state index contributed by atoms with van der Waals surface area (Å²) in [5, 5.41) is 0.359. The van der Waals surface area contributed by atoms with Crippen LogP contribution in [0.3, 0.4) is 0 Å². The number of methoxy groups -OCH3 is 1. The van der Waals surface area contributed by atoms with Crippen molar-refractivity contribution in [3.05, 3.63) is 53.6 Å². The Hall–Kier alpha value is -1.76. The molecule has 1 aliphatic rings. The first-order valence-electron chi connectivity index (χ1n) is 8.13. The summed E-state index contributed by atoms with van der Waals surface area (Å²) in [6, 6.07) is 14.7. The molecule has 5 nitrogen and oxygen atoms in total. The molecular formula is C18H21ClN2O3S. The van der Waals surface area contributed by atoms with E-state index in [-0.39, 0.29) is 16.6 Å². The van der Waals surface area contributed by atoms with Crippen molar-refractivity contribution in [2.45, 2.75) is 11.3 Å². The molecule has 3 rings (SSSR count). The largest absolute Gasteiger partial charge is 0.495 e. The first kappa shape index (κ1) is 18.0. The molecule has 1 atom stereocenters. The van der Waals surface area contributed by atoms with E-state index >= 15 is 0 Å². The summed E-state index contributed by atoms with van der Waals surface area (Å²) in [5.41, 5.74) is 1.17. The lowest BCUT2D eigenvalue weighted by molar-refractivity contribution is 0.402. The SMILES string of the molecule is COc1ccc(Cl)cc1S(=O)(=O)NCC1CCN(c2ccccc2)C1. The maximum Gasteiger partial charge on any atom is 0.244 e. The number of ether oxygens (including phenoxy) is 1. The zero-order chi connectivity index (χ0) is 17.9. The zero-order valence-corrected chi connectivity index (χ0v) is 15.6. The van der Waals surface area contributed by atoms with Crippen LogP contribution < -0.4 is 14.4 Å². The number of halogens is 1. The summed E-state index contributed by atoms with van der Waals surface area (Å²) in [5.74, 6) is 0.550. The predicted molar refractivity (Wildman–Crippen MR) is 100.0 cm³/mol. The third-order valence-corrected chi connectivity index (χ3v) is 6.06. The molecule has 7 heteroatoms. The van der Waals surface area contributed by atoms with Crippen molar-refractivity contribution in [2.24, 2.45) is 5.92 Å². The van der Waals surface area contributed by atoms with Gasteiger partial charge in [-0.2, -0.15) is 0 Å². The predicted octanol–water partition coefficient (Wildman–Crippen LogP) is 3.15. The van der Waals surface area contributed by atoms with Gasteiger partial charge in [-0.1, -0.05) is 29.8 Å². The fourth-order valence-electron chi connectivity index (χ4n) is 3.04. The van der Waals surface area contributed by atoms with E-state index in [1.54, 1.807) is 12.1 Å². The molecule has 0 radical (unpaired) electrons. The number of benzene rings is 2. The van der Waals surface area contributed by atoms with Crippen LogP contribution in [0.4, 0.5) is 5.69 Å². The first-order chi connectivity index (χ1) is 12.0. The average Bonchev–Trinajstić information content (AvgIpc) is 3.10. The van der Waals surface area contributed by atoms with Crippen molar-refractivity contribution < 1.29 is 13.2 Å². The van der Waals surface area contributed by atoms with Crippen molar-refractivity contribution >= 4 is 27.3 Å². The van der Waals surface area contributed by atoms with Crippen LogP contribution in [0.5, 0.6) is 5.75 Å². The molecule has 0 aliphatic carbocycles. The van der Waals surface area contributed by atoms with Gasteiger partial charge in [-0.05, 0) is 42.7 Å². The Labute approximate surface area is 153 Å². The lowest BCUT2D eigenvalue weighted by Crippen LogP contribution is -2.31. The van der Waals surface area contributed by atoms with Crippen LogP contribution in [0.25, 0.3) is 0 Å². The van der Waals surface area contributed by atoms with E-state index < -0.39 is 10.0 Å². The lowest BCUT2D eigenvalue weighted by Gasteiger charge is -2.19. The molecule has 1 aliphatic heterocycles. The van der Waals surface area contributed by atoms with Crippen LogP contribution in [0.15, 0.2) is 53.4 Å². The third-order valence-electron chi connectivity index (χ3n) is 4.38. The summed E-state index contributed by atoms with van der Waals surface area (Å²) in [4.78, 5) is 2.35. The minimum absolute atomic E-state index is 0.0698.